The highest BCUT2D eigenvalue weighted by atomic mass is 35.5. The molecule has 2 unspecified atom stereocenters. The van der Waals surface area contributed by atoms with Gasteiger partial charge in [-0.3, -0.25) is 10.1 Å². The number of aliphatic carboxylic acids is 1. The molecule has 1 amide bonds. The summed E-state index contributed by atoms with van der Waals surface area (Å²) in [6.45, 7) is 7.17. The van der Waals surface area contributed by atoms with E-state index in [4.69, 9.17) is 32.8 Å². The van der Waals surface area contributed by atoms with Gasteiger partial charge in [-0.15, -0.1) is 0 Å². The van der Waals surface area contributed by atoms with Crippen LogP contribution in [0.2, 0.25) is 10.0 Å². The molecule has 4 rings (SSSR count). The summed E-state index contributed by atoms with van der Waals surface area (Å²) in [5, 5.41) is 16.7. The molecule has 0 fully saturated rings. The molecule has 10 nitrogen and oxygen atoms in total. The van der Waals surface area contributed by atoms with Gasteiger partial charge in [0.15, 0.2) is 5.76 Å². The van der Waals surface area contributed by atoms with Gasteiger partial charge in [0.25, 0.3) is 0 Å². The average Bonchev–Trinajstić information content (AvgIpc) is 3.13. The molecule has 1 aliphatic heterocycles. The number of carbonyl (C=O) groups is 2. The minimum absolute atomic E-state index is 0.156. The Morgan fingerprint density at radius 3 is 2.41 bits per heavy atom. The first-order valence-corrected chi connectivity index (χ1v) is 16.3. The summed E-state index contributed by atoms with van der Waals surface area (Å²) >= 11 is 11.9. The fraction of sp³-hybridized carbons (Fsp3) is 0.281. The molecule has 0 radical (unpaired) electrons. The Morgan fingerprint density at radius 1 is 1.11 bits per heavy atom. The van der Waals surface area contributed by atoms with E-state index in [0.717, 1.165) is 12.1 Å². The first-order valence-electron chi connectivity index (χ1n) is 14.1. The van der Waals surface area contributed by atoms with Crippen molar-refractivity contribution in [1.29, 1.82) is 0 Å². The van der Waals surface area contributed by atoms with E-state index in [1.165, 1.54) is 24.3 Å². The molecule has 0 saturated carbocycles. The van der Waals surface area contributed by atoms with E-state index in [0.29, 0.717) is 29.1 Å². The van der Waals surface area contributed by atoms with Crippen molar-refractivity contribution in [3.8, 4) is 0 Å². The normalized spacial score (nSPS) is 15.9. The minimum atomic E-state index is -4.34. The number of nitrogens with zero attached hydrogens (tertiary/aromatic N) is 1. The number of amides is 1. The fourth-order valence-electron chi connectivity index (χ4n) is 4.50. The predicted molar refractivity (Wildman–Crippen MR) is 174 cm³/mol. The van der Waals surface area contributed by atoms with Crippen molar-refractivity contribution < 1.29 is 37.1 Å². The number of hydrogen-bond donors (Lipinski definition) is 3. The van der Waals surface area contributed by atoms with E-state index < -0.39 is 39.5 Å². The van der Waals surface area contributed by atoms with Crippen molar-refractivity contribution in [2.75, 3.05) is 5.32 Å². The zero-order valence-corrected chi connectivity index (χ0v) is 27.6. The molecule has 0 bridgehead atoms. The summed E-state index contributed by atoms with van der Waals surface area (Å²) in [7, 11) is -4.34. The molecule has 1 heterocycles. The Hall–Kier alpha value is -3.97. The molecule has 3 aromatic rings. The van der Waals surface area contributed by atoms with Gasteiger partial charge in [0, 0.05) is 27.8 Å². The molecule has 244 valence electrons. The van der Waals surface area contributed by atoms with Gasteiger partial charge >= 0.3 is 12.1 Å². The number of halogens is 3. The van der Waals surface area contributed by atoms with Crippen molar-refractivity contribution in [2.24, 2.45) is 11.1 Å². The highest BCUT2D eigenvalue weighted by Crippen LogP contribution is 2.28. The van der Waals surface area contributed by atoms with E-state index in [1.807, 2.05) is 13.0 Å². The Bertz CT molecular complexity index is 1810. The van der Waals surface area contributed by atoms with Crippen LogP contribution in [0.25, 0.3) is 5.76 Å². The lowest BCUT2D eigenvalue weighted by Crippen LogP contribution is -2.42. The smallest absolute Gasteiger partial charge is 0.412 e. The van der Waals surface area contributed by atoms with Crippen molar-refractivity contribution in [1.82, 2.24) is 4.72 Å². The van der Waals surface area contributed by atoms with E-state index in [-0.39, 0.29) is 38.4 Å². The van der Waals surface area contributed by atoms with E-state index in [9.17, 15) is 23.1 Å². The number of hydrogen-bond acceptors (Lipinski definition) is 7. The zero-order chi connectivity index (χ0) is 33.8. The molecule has 3 N–H and O–H groups in total. The van der Waals surface area contributed by atoms with Crippen molar-refractivity contribution >= 4 is 62.4 Å². The SMILES string of the molecule is CC1CC=C(c2ccc(NC(=O)OC(C)(C)C)cc2)ON=C1c1ccc(CC(NS(=O)(=O)c2ccc(Cl)cc2Cl)C(=O)O)cc1F. The van der Waals surface area contributed by atoms with Crippen LogP contribution in [0.1, 0.15) is 50.8 Å². The second kappa shape index (κ2) is 14.2. The molecular weight excluding hydrogens is 660 g/mol. The molecule has 0 spiro atoms. The number of ether oxygens (including phenoxy) is 1. The van der Waals surface area contributed by atoms with Crippen LogP contribution in [0.15, 0.2) is 76.8 Å². The van der Waals surface area contributed by atoms with Crippen LogP contribution in [0, 0.1) is 11.7 Å². The quantitative estimate of drug-likeness (QED) is 0.214. The summed E-state index contributed by atoms with van der Waals surface area (Å²) in [6, 6.07) is 13.0. The number of allylic oxidation sites excluding steroid dienone is 1. The maximum atomic E-state index is 15.4. The number of carbonyl (C=O) groups excluding carboxylic acids is 1. The maximum absolute atomic E-state index is 15.4. The first kappa shape index (κ1) is 34.9. The highest BCUT2D eigenvalue weighted by Gasteiger charge is 2.28. The molecule has 3 aromatic carbocycles. The molecular formula is C32H32Cl2FN3O7S. The lowest BCUT2D eigenvalue weighted by Gasteiger charge is -2.19. The van der Waals surface area contributed by atoms with Gasteiger partial charge in [-0.1, -0.05) is 41.3 Å². The van der Waals surface area contributed by atoms with E-state index in [1.54, 1.807) is 45.0 Å². The van der Waals surface area contributed by atoms with Crippen molar-refractivity contribution in [2.45, 2.75) is 57.1 Å². The third kappa shape index (κ3) is 9.06. The standard InChI is InChI=1S/C32H32Cl2FN3O7S/c1-18-5-13-27(20-7-10-22(11-8-20)36-31(41)44-32(2,3)4)45-37-29(18)23-12-6-19(15-25(23)35)16-26(30(39)40)38-46(42,43)28-14-9-21(33)17-24(28)34/h6-15,17-18,26,38H,5,16H2,1-4H3,(H,36,41)(H,39,40). The van der Waals surface area contributed by atoms with Gasteiger partial charge in [-0.2, -0.15) is 4.72 Å². The van der Waals surface area contributed by atoms with Crippen LogP contribution >= 0.6 is 23.2 Å². The summed E-state index contributed by atoms with van der Waals surface area (Å²) in [5.41, 5.74) is 1.31. The van der Waals surface area contributed by atoms with Gasteiger partial charge in [0.05, 0.1) is 10.7 Å². The van der Waals surface area contributed by atoms with Crippen molar-refractivity contribution in [3.63, 3.8) is 0 Å². The number of carboxylic acid groups (broad SMARTS) is 1. The number of rotatable bonds is 9. The molecule has 0 aliphatic carbocycles. The monoisotopic (exact) mass is 691 g/mol. The first-order chi connectivity index (χ1) is 21.5. The van der Waals surface area contributed by atoms with Crippen LogP contribution in [0.4, 0.5) is 14.9 Å². The summed E-state index contributed by atoms with van der Waals surface area (Å²) in [4.78, 5) is 29.4. The lowest BCUT2D eigenvalue weighted by atomic mass is 9.93. The average molecular weight is 693 g/mol. The van der Waals surface area contributed by atoms with Crippen LogP contribution in [-0.4, -0.2) is 42.9 Å². The summed E-state index contributed by atoms with van der Waals surface area (Å²) < 4.78 is 48.6. The predicted octanol–water partition coefficient (Wildman–Crippen LogP) is 7.26. The number of oxime groups is 1. The maximum Gasteiger partial charge on any atom is 0.412 e. The molecule has 2 atom stereocenters. The zero-order valence-electron chi connectivity index (χ0n) is 25.3. The fourth-order valence-corrected chi connectivity index (χ4v) is 6.46. The van der Waals surface area contributed by atoms with E-state index in [2.05, 4.69) is 15.2 Å². The van der Waals surface area contributed by atoms with Crippen molar-refractivity contribution in [3.05, 3.63) is 99.3 Å². The van der Waals surface area contributed by atoms with Crippen LogP contribution in [-0.2, 0) is 30.8 Å². The third-order valence-electron chi connectivity index (χ3n) is 6.71. The molecule has 0 saturated heterocycles. The Balaban J connectivity index is 1.47. The van der Waals surface area contributed by atoms with Crippen LogP contribution < -0.4 is 10.0 Å². The largest absolute Gasteiger partial charge is 0.480 e. The van der Waals surface area contributed by atoms with E-state index >= 15 is 4.39 Å². The third-order valence-corrected chi connectivity index (χ3v) is 8.90. The molecule has 0 aromatic heterocycles. The lowest BCUT2D eigenvalue weighted by molar-refractivity contribution is -0.138. The highest BCUT2D eigenvalue weighted by molar-refractivity contribution is 7.89. The van der Waals surface area contributed by atoms with Gasteiger partial charge < -0.3 is 14.7 Å². The number of sulfonamides is 1. The van der Waals surface area contributed by atoms with Gasteiger partial charge in [-0.05, 0) is 99.8 Å². The Labute approximate surface area is 276 Å². The van der Waals surface area contributed by atoms with Crippen LogP contribution in [0.3, 0.4) is 0 Å². The summed E-state index contributed by atoms with van der Waals surface area (Å²) in [5.74, 6) is -1.94. The van der Waals surface area contributed by atoms with Gasteiger partial charge in [0.2, 0.25) is 10.0 Å². The topological polar surface area (TPSA) is 143 Å². The number of anilines is 1. The molecule has 14 heteroatoms. The number of benzene rings is 3. The Kier molecular flexibility index (Phi) is 10.8. The summed E-state index contributed by atoms with van der Waals surface area (Å²) in [6.07, 6.45) is 1.38. The minimum Gasteiger partial charge on any atom is -0.480 e. The second-order valence-electron chi connectivity index (χ2n) is 11.6. The molecule has 46 heavy (non-hydrogen) atoms. The number of nitrogens with one attached hydrogen (secondary N) is 2. The second-order valence-corrected chi connectivity index (χ2v) is 14.1. The van der Waals surface area contributed by atoms with Gasteiger partial charge in [-0.25, -0.2) is 17.6 Å². The van der Waals surface area contributed by atoms with Gasteiger partial charge in [0.1, 0.15) is 22.4 Å². The van der Waals surface area contributed by atoms with Crippen LogP contribution in [0.5, 0.6) is 0 Å². The Morgan fingerprint density at radius 2 is 1.80 bits per heavy atom. The molecule has 1 aliphatic rings. The number of carboxylic acids is 1.